The molecule has 0 saturated heterocycles. The molecule has 1 fully saturated rings. The number of rotatable bonds is 7. The van der Waals surface area contributed by atoms with E-state index in [1.165, 1.54) is 0 Å². The van der Waals surface area contributed by atoms with Crippen LogP contribution in [0.25, 0.3) is 0 Å². The molecule has 6 heteroatoms. The zero-order valence-electron chi connectivity index (χ0n) is 15.7. The number of ether oxygens (including phenoxy) is 4. The van der Waals surface area contributed by atoms with E-state index in [9.17, 15) is 0 Å². The first-order chi connectivity index (χ1) is 11.1. The quantitative estimate of drug-likeness (QED) is 0.710. The van der Waals surface area contributed by atoms with E-state index in [1.807, 2.05) is 20.8 Å². The molecule has 0 unspecified atom stereocenters. The van der Waals surface area contributed by atoms with Crippen LogP contribution in [-0.4, -0.2) is 46.8 Å². The van der Waals surface area contributed by atoms with Gasteiger partial charge in [-0.2, -0.15) is 0 Å². The van der Waals surface area contributed by atoms with Crippen molar-refractivity contribution in [2.24, 2.45) is 0 Å². The Morgan fingerprint density at radius 2 is 1.50 bits per heavy atom. The van der Waals surface area contributed by atoms with Gasteiger partial charge in [-0.3, -0.25) is 0 Å². The van der Waals surface area contributed by atoms with Crippen molar-refractivity contribution in [3.05, 3.63) is 12.1 Å². The molecule has 1 aromatic heterocycles. The van der Waals surface area contributed by atoms with Gasteiger partial charge in [0.2, 0.25) is 11.8 Å². The molecule has 0 aliphatic heterocycles. The van der Waals surface area contributed by atoms with E-state index in [1.54, 1.807) is 12.1 Å². The summed E-state index contributed by atoms with van der Waals surface area (Å²) in [7, 11) is 0. The minimum atomic E-state index is -0.163. The lowest BCUT2D eigenvalue weighted by Crippen LogP contribution is -2.43. The zero-order valence-corrected chi connectivity index (χ0v) is 15.7. The van der Waals surface area contributed by atoms with Crippen LogP contribution in [0.5, 0.6) is 11.8 Å². The summed E-state index contributed by atoms with van der Waals surface area (Å²) in [6.07, 6.45) is 2.20. The molecule has 0 radical (unpaired) electrons. The fourth-order valence-electron chi connectivity index (χ4n) is 2.32. The van der Waals surface area contributed by atoms with Gasteiger partial charge >= 0.3 is 0 Å². The van der Waals surface area contributed by atoms with E-state index in [-0.39, 0.29) is 23.4 Å². The second kappa shape index (κ2) is 7.66. The van der Waals surface area contributed by atoms with E-state index in [2.05, 4.69) is 31.0 Å². The molecule has 0 bridgehead atoms. The largest absolute Gasteiger partial charge is 0.474 e. The summed E-state index contributed by atoms with van der Waals surface area (Å²) in [4.78, 5) is 0. The van der Waals surface area contributed by atoms with E-state index < -0.39 is 0 Å². The number of hydrogen-bond donors (Lipinski definition) is 0. The Bertz CT molecular complexity index is 499. The molecular weight excluding hydrogens is 308 g/mol. The SMILES string of the molecule is CC(C)(C)OCCOc1ccc(OC2CC(OC(C)(C)C)C2)nn1. The third-order valence-corrected chi connectivity index (χ3v) is 3.34. The summed E-state index contributed by atoms with van der Waals surface area (Å²) < 4.78 is 22.8. The minimum absolute atomic E-state index is 0.106. The molecular formula is C18H30N2O4. The molecule has 1 aliphatic carbocycles. The summed E-state index contributed by atoms with van der Waals surface area (Å²) >= 11 is 0. The molecule has 24 heavy (non-hydrogen) atoms. The van der Waals surface area contributed by atoms with Crippen molar-refractivity contribution in [2.45, 2.75) is 77.8 Å². The van der Waals surface area contributed by atoms with Crippen LogP contribution in [0, 0.1) is 0 Å². The molecule has 0 spiro atoms. The number of hydrogen-bond acceptors (Lipinski definition) is 6. The summed E-state index contributed by atoms with van der Waals surface area (Å²) in [5.41, 5.74) is -0.269. The van der Waals surface area contributed by atoms with Crippen LogP contribution in [0.4, 0.5) is 0 Å². The van der Waals surface area contributed by atoms with Crippen LogP contribution < -0.4 is 9.47 Å². The van der Waals surface area contributed by atoms with Crippen LogP contribution in [0.15, 0.2) is 12.1 Å². The van der Waals surface area contributed by atoms with Gasteiger partial charge < -0.3 is 18.9 Å². The summed E-state index contributed by atoms with van der Waals surface area (Å²) in [5, 5.41) is 8.07. The highest BCUT2D eigenvalue weighted by molar-refractivity contribution is 5.16. The van der Waals surface area contributed by atoms with Gasteiger partial charge in [-0.1, -0.05) is 0 Å². The molecule has 2 rings (SSSR count). The van der Waals surface area contributed by atoms with Gasteiger partial charge in [-0.05, 0) is 41.5 Å². The zero-order chi connectivity index (χ0) is 17.8. The molecule has 6 nitrogen and oxygen atoms in total. The Morgan fingerprint density at radius 1 is 0.875 bits per heavy atom. The smallest absolute Gasteiger partial charge is 0.233 e. The van der Waals surface area contributed by atoms with Gasteiger partial charge in [0, 0.05) is 25.0 Å². The lowest BCUT2D eigenvalue weighted by molar-refractivity contribution is -0.127. The molecule has 1 aromatic rings. The van der Waals surface area contributed by atoms with Crippen molar-refractivity contribution in [3.8, 4) is 11.8 Å². The normalized spacial score (nSPS) is 21.2. The first-order valence-electron chi connectivity index (χ1n) is 8.56. The van der Waals surface area contributed by atoms with Crippen molar-refractivity contribution < 1.29 is 18.9 Å². The molecule has 0 amide bonds. The fraction of sp³-hybridized carbons (Fsp3) is 0.778. The predicted octanol–water partition coefficient (Wildman–Crippen LogP) is 3.40. The average Bonchev–Trinajstić information content (AvgIpc) is 2.40. The minimum Gasteiger partial charge on any atom is -0.474 e. The Kier molecular flexibility index (Phi) is 6.04. The molecule has 0 aromatic carbocycles. The molecule has 0 N–H and O–H groups in total. The van der Waals surface area contributed by atoms with Gasteiger partial charge in [-0.15, -0.1) is 10.2 Å². The van der Waals surface area contributed by atoms with Crippen molar-refractivity contribution >= 4 is 0 Å². The fourth-order valence-corrected chi connectivity index (χ4v) is 2.32. The second-order valence-corrected chi connectivity index (χ2v) is 8.08. The maximum Gasteiger partial charge on any atom is 0.233 e. The van der Waals surface area contributed by atoms with Crippen LogP contribution in [0.2, 0.25) is 0 Å². The van der Waals surface area contributed by atoms with Crippen molar-refractivity contribution in [3.63, 3.8) is 0 Å². The lowest BCUT2D eigenvalue weighted by atomic mass is 9.91. The van der Waals surface area contributed by atoms with Crippen LogP contribution in [-0.2, 0) is 9.47 Å². The topological polar surface area (TPSA) is 62.7 Å². The highest BCUT2D eigenvalue weighted by Gasteiger charge is 2.34. The van der Waals surface area contributed by atoms with Gasteiger partial charge in [0.15, 0.2) is 0 Å². The highest BCUT2D eigenvalue weighted by Crippen LogP contribution is 2.30. The molecule has 136 valence electrons. The van der Waals surface area contributed by atoms with Crippen molar-refractivity contribution in [1.29, 1.82) is 0 Å². The highest BCUT2D eigenvalue weighted by atomic mass is 16.5. The second-order valence-electron chi connectivity index (χ2n) is 8.08. The van der Waals surface area contributed by atoms with Crippen LogP contribution >= 0.6 is 0 Å². The molecule has 1 heterocycles. The van der Waals surface area contributed by atoms with E-state index in [0.29, 0.717) is 25.0 Å². The predicted molar refractivity (Wildman–Crippen MR) is 91.5 cm³/mol. The van der Waals surface area contributed by atoms with E-state index >= 15 is 0 Å². The standard InChI is InChI=1S/C18H30N2O4/c1-17(2,3)22-10-9-21-15-7-8-16(20-19-15)23-13-11-14(12-13)24-18(4,5)6/h7-8,13-14H,9-12H2,1-6H3. The lowest BCUT2D eigenvalue weighted by Gasteiger charge is -2.38. The van der Waals surface area contributed by atoms with Gasteiger partial charge in [0.1, 0.15) is 12.7 Å². The van der Waals surface area contributed by atoms with Crippen LogP contribution in [0.1, 0.15) is 54.4 Å². The first kappa shape index (κ1) is 18.9. The molecule has 1 saturated carbocycles. The van der Waals surface area contributed by atoms with Crippen molar-refractivity contribution in [2.75, 3.05) is 13.2 Å². The van der Waals surface area contributed by atoms with Gasteiger partial charge in [-0.25, -0.2) is 0 Å². The third-order valence-electron chi connectivity index (χ3n) is 3.34. The Morgan fingerprint density at radius 3 is 2.04 bits per heavy atom. The number of aromatic nitrogens is 2. The summed E-state index contributed by atoms with van der Waals surface area (Å²) in [6.45, 7) is 13.2. The number of nitrogens with zero attached hydrogens (tertiary/aromatic N) is 2. The average molecular weight is 338 g/mol. The molecule has 1 aliphatic rings. The molecule has 0 atom stereocenters. The third kappa shape index (κ3) is 7.01. The van der Waals surface area contributed by atoms with Crippen LogP contribution in [0.3, 0.4) is 0 Å². The van der Waals surface area contributed by atoms with Crippen molar-refractivity contribution in [1.82, 2.24) is 10.2 Å². The van der Waals surface area contributed by atoms with Gasteiger partial charge in [0.05, 0.1) is 23.9 Å². The van der Waals surface area contributed by atoms with Gasteiger partial charge in [0.25, 0.3) is 0 Å². The first-order valence-corrected chi connectivity index (χ1v) is 8.56. The monoisotopic (exact) mass is 338 g/mol. The Labute approximate surface area is 144 Å². The Balaban J connectivity index is 1.66. The van der Waals surface area contributed by atoms with E-state index in [0.717, 1.165) is 12.8 Å². The maximum atomic E-state index is 5.89. The van der Waals surface area contributed by atoms with E-state index in [4.69, 9.17) is 18.9 Å². The Hall–Kier alpha value is -1.40. The summed E-state index contributed by atoms with van der Waals surface area (Å²) in [5.74, 6) is 0.995. The maximum absolute atomic E-state index is 5.89. The summed E-state index contributed by atoms with van der Waals surface area (Å²) in [6, 6.07) is 3.55.